The molecule has 0 saturated carbocycles. The number of aryl methyl sites for hydroxylation is 3. The first-order valence-electron chi connectivity index (χ1n) is 8.41. The Bertz CT molecular complexity index is 865. The fourth-order valence-electron chi connectivity index (χ4n) is 3.22. The SMILES string of the molecule is COCC(NC(=O)CCn1c(C)cc2ccccc21)c1ccnn1C. The molecule has 0 spiro atoms. The fraction of sp³-hybridized carbons (Fsp3) is 0.368. The zero-order valence-corrected chi connectivity index (χ0v) is 14.9. The quantitative estimate of drug-likeness (QED) is 0.719. The van der Waals surface area contributed by atoms with Crippen LogP contribution >= 0.6 is 0 Å². The number of hydrogen-bond donors (Lipinski definition) is 1. The van der Waals surface area contributed by atoms with Gasteiger partial charge in [-0.25, -0.2) is 0 Å². The number of ether oxygens (including phenoxy) is 1. The highest BCUT2D eigenvalue weighted by Crippen LogP contribution is 2.19. The number of carbonyl (C=O) groups is 1. The first-order chi connectivity index (χ1) is 12.1. The second-order valence-electron chi connectivity index (χ2n) is 6.20. The van der Waals surface area contributed by atoms with E-state index in [4.69, 9.17) is 4.74 Å². The van der Waals surface area contributed by atoms with Crippen LogP contribution in [0.3, 0.4) is 0 Å². The molecule has 6 nitrogen and oxygen atoms in total. The van der Waals surface area contributed by atoms with Crippen LogP contribution in [0, 0.1) is 6.92 Å². The number of para-hydroxylation sites is 1. The maximum atomic E-state index is 12.5. The molecular weight excluding hydrogens is 316 g/mol. The van der Waals surface area contributed by atoms with Crippen LogP contribution in [0.5, 0.6) is 0 Å². The number of amides is 1. The van der Waals surface area contributed by atoms with E-state index in [1.807, 2.05) is 25.2 Å². The molecule has 2 aromatic heterocycles. The lowest BCUT2D eigenvalue weighted by atomic mass is 10.2. The minimum atomic E-state index is -0.201. The van der Waals surface area contributed by atoms with Gasteiger partial charge >= 0.3 is 0 Å². The minimum Gasteiger partial charge on any atom is -0.382 e. The third kappa shape index (κ3) is 3.74. The van der Waals surface area contributed by atoms with Crippen molar-refractivity contribution in [1.82, 2.24) is 19.7 Å². The van der Waals surface area contributed by atoms with E-state index in [1.54, 1.807) is 18.0 Å². The third-order valence-corrected chi connectivity index (χ3v) is 4.46. The van der Waals surface area contributed by atoms with Crippen molar-refractivity contribution >= 4 is 16.8 Å². The minimum absolute atomic E-state index is 0.000399. The molecule has 0 fully saturated rings. The molecule has 3 aromatic rings. The van der Waals surface area contributed by atoms with E-state index in [1.165, 1.54) is 5.39 Å². The molecule has 3 rings (SSSR count). The maximum absolute atomic E-state index is 12.5. The van der Waals surface area contributed by atoms with Gasteiger partial charge in [-0.05, 0) is 30.5 Å². The molecular formula is C19H24N4O2. The van der Waals surface area contributed by atoms with Gasteiger partial charge in [0.15, 0.2) is 0 Å². The number of benzene rings is 1. The second kappa shape index (κ2) is 7.53. The van der Waals surface area contributed by atoms with E-state index >= 15 is 0 Å². The molecule has 2 heterocycles. The summed E-state index contributed by atoms with van der Waals surface area (Å²) in [5.41, 5.74) is 3.25. The number of carbonyl (C=O) groups excluding carboxylic acids is 1. The van der Waals surface area contributed by atoms with Gasteiger partial charge in [-0.1, -0.05) is 18.2 Å². The summed E-state index contributed by atoms with van der Waals surface area (Å²) in [5.74, 6) is 0.000399. The number of nitrogens with one attached hydrogen (secondary N) is 1. The topological polar surface area (TPSA) is 61.1 Å². The number of aromatic nitrogens is 3. The predicted molar refractivity (Wildman–Crippen MR) is 97.3 cm³/mol. The average Bonchev–Trinajstić information content (AvgIpc) is 3.15. The molecule has 0 aliphatic carbocycles. The lowest BCUT2D eigenvalue weighted by molar-refractivity contribution is -0.122. The predicted octanol–water partition coefficient (Wildman–Crippen LogP) is 2.58. The van der Waals surface area contributed by atoms with Crippen molar-refractivity contribution in [3.8, 4) is 0 Å². The summed E-state index contributed by atoms with van der Waals surface area (Å²) in [6.45, 7) is 3.13. The first kappa shape index (κ1) is 17.2. The monoisotopic (exact) mass is 340 g/mol. The van der Waals surface area contributed by atoms with Gasteiger partial charge in [0.2, 0.25) is 5.91 Å². The van der Waals surface area contributed by atoms with Gasteiger partial charge in [0, 0.05) is 44.5 Å². The van der Waals surface area contributed by atoms with Gasteiger partial charge in [0.1, 0.15) is 0 Å². The highest BCUT2D eigenvalue weighted by molar-refractivity contribution is 5.81. The number of nitrogens with zero attached hydrogens (tertiary/aromatic N) is 3. The number of fused-ring (bicyclic) bond motifs is 1. The van der Waals surface area contributed by atoms with Gasteiger partial charge in [0.05, 0.1) is 18.3 Å². The van der Waals surface area contributed by atoms with Crippen molar-refractivity contribution in [2.75, 3.05) is 13.7 Å². The van der Waals surface area contributed by atoms with Crippen molar-refractivity contribution in [2.24, 2.45) is 7.05 Å². The van der Waals surface area contributed by atoms with Crippen LogP contribution in [-0.4, -0.2) is 34.0 Å². The van der Waals surface area contributed by atoms with Gasteiger partial charge in [-0.15, -0.1) is 0 Å². The van der Waals surface area contributed by atoms with Gasteiger partial charge < -0.3 is 14.6 Å². The van der Waals surface area contributed by atoms with E-state index in [0.29, 0.717) is 19.6 Å². The molecule has 132 valence electrons. The average molecular weight is 340 g/mol. The summed E-state index contributed by atoms with van der Waals surface area (Å²) in [4.78, 5) is 12.5. The zero-order chi connectivity index (χ0) is 17.8. The molecule has 1 aromatic carbocycles. The highest BCUT2D eigenvalue weighted by atomic mass is 16.5. The smallest absolute Gasteiger partial charge is 0.222 e. The normalized spacial score (nSPS) is 12.4. The maximum Gasteiger partial charge on any atom is 0.222 e. The Kier molecular flexibility index (Phi) is 5.19. The van der Waals surface area contributed by atoms with Crippen LogP contribution in [-0.2, 0) is 23.1 Å². The molecule has 25 heavy (non-hydrogen) atoms. The summed E-state index contributed by atoms with van der Waals surface area (Å²) in [7, 11) is 3.49. The molecule has 1 amide bonds. The van der Waals surface area contributed by atoms with Crippen molar-refractivity contribution in [3.63, 3.8) is 0 Å². The van der Waals surface area contributed by atoms with Crippen LogP contribution < -0.4 is 5.32 Å². The Labute approximate surface area is 147 Å². The Morgan fingerprint density at radius 3 is 2.84 bits per heavy atom. The molecule has 0 radical (unpaired) electrons. The lowest BCUT2D eigenvalue weighted by Crippen LogP contribution is -2.33. The standard InChI is InChI=1S/C19H24N4O2/c1-14-12-15-6-4-5-7-17(15)23(14)11-9-19(24)21-16(13-25-3)18-8-10-20-22(18)2/h4-8,10,12,16H,9,11,13H2,1-3H3,(H,21,24). The summed E-state index contributed by atoms with van der Waals surface area (Å²) in [6, 6.07) is 12.1. The van der Waals surface area contributed by atoms with Gasteiger partial charge in [-0.3, -0.25) is 9.48 Å². The molecule has 1 unspecified atom stereocenters. The van der Waals surface area contributed by atoms with Crippen molar-refractivity contribution < 1.29 is 9.53 Å². The summed E-state index contributed by atoms with van der Waals surface area (Å²) >= 11 is 0. The molecule has 0 saturated heterocycles. The molecule has 0 aliphatic rings. The lowest BCUT2D eigenvalue weighted by Gasteiger charge is -2.18. The van der Waals surface area contributed by atoms with Gasteiger partial charge in [0.25, 0.3) is 0 Å². The Morgan fingerprint density at radius 1 is 1.32 bits per heavy atom. The molecule has 0 bridgehead atoms. The summed E-state index contributed by atoms with van der Waals surface area (Å²) in [5, 5.41) is 8.42. The molecule has 6 heteroatoms. The fourth-order valence-corrected chi connectivity index (χ4v) is 3.22. The van der Waals surface area contributed by atoms with Crippen LogP contribution in [0.1, 0.15) is 23.9 Å². The first-order valence-corrected chi connectivity index (χ1v) is 8.41. The Balaban J connectivity index is 1.67. The van der Waals surface area contributed by atoms with E-state index in [-0.39, 0.29) is 11.9 Å². The summed E-state index contributed by atoms with van der Waals surface area (Å²) < 4.78 is 9.19. The van der Waals surface area contributed by atoms with Crippen LogP contribution in [0.25, 0.3) is 10.9 Å². The van der Waals surface area contributed by atoms with Gasteiger partial charge in [-0.2, -0.15) is 5.10 Å². The van der Waals surface area contributed by atoms with Crippen LogP contribution in [0.15, 0.2) is 42.6 Å². The molecule has 1 N–H and O–H groups in total. The highest BCUT2D eigenvalue weighted by Gasteiger charge is 2.18. The number of methoxy groups -OCH3 is 1. The van der Waals surface area contributed by atoms with E-state index in [2.05, 4.69) is 40.1 Å². The Morgan fingerprint density at radius 2 is 2.12 bits per heavy atom. The third-order valence-electron chi connectivity index (χ3n) is 4.46. The largest absolute Gasteiger partial charge is 0.382 e. The second-order valence-corrected chi connectivity index (χ2v) is 6.20. The van der Waals surface area contributed by atoms with Crippen LogP contribution in [0.4, 0.5) is 0 Å². The molecule has 1 atom stereocenters. The van der Waals surface area contributed by atoms with Crippen molar-refractivity contribution in [1.29, 1.82) is 0 Å². The zero-order valence-electron chi connectivity index (χ0n) is 14.9. The van der Waals surface area contributed by atoms with E-state index < -0.39 is 0 Å². The van der Waals surface area contributed by atoms with Crippen LogP contribution in [0.2, 0.25) is 0 Å². The number of rotatable bonds is 7. The van der Waals surface area contributed by atoms with Crippen molar-refractivity contribution in [3.05, 3.63) is 54.0 Å². The Hall–Kier alpha value is -2.60. The van der Waals surface area contributed by atoms with E-state index in [9.17, 15) is 4.79 Å². The molecule has 0 aliphatic heterocycles. The summed E-state index contributed by atoms with van der Waals surface area (Å²) in [6.07, 6.45) is 2.14. The van der Waals surface area contributed by atoms with Crippen molar-refractivity contribution in [2.45, 2.75) is 25.9 Å². The van der Waals surface area contributed by atoms with E-state index in [0.717, 1.165) is 16.9 Å². The number of hydrogen-bond acceptors (Lipinski definition) is 3.